The Morgan fingerprint density at radius 1 is 1.24 bits per heavy atom. The Balaban J connectivity index is 2.30. The number of aromatic nitrogens is 1. The Labute approximate surface area is 142 Å². The molecule has 0 fully saturated rings. The van der Waals surface area contributed by atoms with Crippen LogP contribution >= 0.6 is 0 Å². The van der Waals surface area contributed by atoms with Crippen LogP contribution in [0.4, 0.5) is 13.2 Å². The van der Waals surface area contributed by atoms with Gasteiger partial charge in [-0.3, -0.25) is 0 Å². The molecule has 25 heavy (non-hydrogen) atoms. The molecule has 0 aliphatic rings. The van der Waals surface area contributed by atoms with Crippen molar-refractivity contribution in [1.29, 1.82) is 5.26 Å². The molecule has 1 heterocycles. The smallest absolute Gasteiger partial charge is 0.433 e. The molecule has 0 amide bonds. The van der Waals surface area contributed by atoms with E-state index in [1.165, 1.54) is 6.07 Å². The minimum atomic E-state index is -4.62. The van der Waals surface area contributed by atoms with Gasteiger partial charge in [-0.1, -0.05) is 18.2 Å². The van der Waals surface area contributed by atoms with Gasteiger partial charge in [0.05, 0.1) is 13.0 Å². The monoisotopic (exact) mass is 349 g/mol. The number of aliphatic imine (C=N–C) groups is 1. The maximum absolute atomic E-state index is 13.0. The van der Waals surface area contributed by atoms with Gasteiger partial charge in [0.2, 0.25) is 18.0 Å². The number of para-hydroxylation sites is 1. The molecule has 2 aromatic rings. The fraction of sp³-hybridized carbons (Fsp3) is 0.235. The zero-order chi connectivity index (χ0) is 18.3. The minimum Gasteiger partial charge on any atom is -0.478 e. The third-order valence-electron chi connectivity index (χ3n) is 2.95. The van der Waals surface area contributed by atoms with Crippen molar-refractivity contribution >= 4 is 5.90 Å². The topological polar surface area (TPSA) is 67.5 Å². The van der Waals surface area contributed by atoms with Crippen LogP contribution in [-0.4, -0.2) is 17.5 Å². The van der Waals surface area contributed by atoms with Crippen LogP contribution in [0.15, 0.2) is 47.5 Å². The van der Waals surface area contributed by atoms with E-state index in [0.29, 0.717) is 5.75 Å². The maximum Gasteiger partial charge on any atom is 0.433 e. The zero-order valence-electron chi connectivity index (χ0n) is 13.2. The lowest BCUT2D eigenvalue weighted by molar-refractivity contribution is -0.141. The number of nitrogens with zero attached hydrogens (tertiary/aromatic N) is 3. The molecule has 0 N–H and O–H groups in total. The summed E-state index contributed by atoms with van der Waals surface area (Å²) >= 11 is 0. The number of nitriles is 1. The molecule has 8 heteroatoms. The van der Waals surface area contributed by atoms with Gasteiger partial charge in [0.15, 0.2) is 0 Å². The van der Waals surface area contributed by atoms with Crippen molar-refractivity contribution in [2.75, 3.05) is 6.61 Å². The van der Waals surface area contributed by atoms with Gasteiger partial charge in [-0.25, -0.2) is 4.98 Å². The second kappa shape index (κ2) is 8.15. The number of rotatable bonds is 5. The Kier molecular flexibility index (Phi) is 5.95. The number of hydrogen-bond donors (Lipinski definition) is 0. The molecule has 0 aliphatic heterocycles. The molecule has 0 bridgehead atoms. The first-order valence-corrected chi connectivity index (χ1v) is 7.32. The summed E-state index contributed by atoms with van der Waals surface area (Å²) in [6, 6.07) is 10.8. The number of ether oxygens (including phenoxy) is 2. The van der Waals surface area contributed by atoms with Gasteiger partial charge in [0.25, 0.3) is 0 Å². The Morgan fingerprint density at radius 3 is 2.56 bits per heavy atom. The highest BCUT2D eigenvalue weighted by molar-refractivity contribution is 5.81. The van der Waals surface area contributed by atoms with E-state index in [1.807, 2.05) is 0 Å². The molecule has 1 aromatic carbocycles. The van der Waals surface area contributed by atoms with E-state index in [9.17, 15) is 13.2 Å². The molecule has 0 unspecified atom stereocenters. The van der Waals surface area contributed by atoms with E-state index < -0.39 is 11.9 Å². The van der Waals surface area contributed by atoms with E-state index in [-0.39, 0.29) is 30.4 Å². The van der Waals surface area contributed by atoms with Crippen molar-refractivity contribution in [3.63, 3.8) is 0 Å². The van der Waals surface area contributed by atoms with Crippen LogP contribution in [-0.2, 0) is 12.6 Å². The normalized spacial score (nSPS) is 11.7. The molecular formula is C17H14F3N3O2. The summed E-state index contributed by atoms with van der Waals surface area (Å²) in [7, 11) is 0. The van der Waals surface area contributed by atoms with E-state index in [0.717, 1.165) is 6.07 Å². The highest BCUT2D eigenvalue weighted by Crippen LogP contribution is 2.30. The molecule has 130 valence electrons. The molecule has 0 saturated carbocycles. The van der Waals surface area contributed by atoms with Crippen LogP contribution in [0.5, 0.6) is 11.6 Å². The van der Waals surface area contributed by atoms with Crippen molar-refractivity contribution in [2.24, 2.45) is 4.99 Å². The lowest BCUT2D eigenvalue weighted by Crippen LogP contribution is -2.15. The first-order valence-electron chi connectivity index (χ1n) is 7.32. The first-order chi connectivity index (χ1) is 11.9. The van der Waals surface area contributed by atoms with Gasteiger partial charge in [-0.15, -0.1) is 4.99 Å². The largest absolute Gasteiger partial charge is 0.478 e. The van der Waals surface area contributed by atoms with Crippen LogP contribution in [0.1, 0.15) is 18.2 Å². The summed E-state index contributed by atoms with van der Waals surface area (Å²) in [5, 5.41) is 8.78. The molecular weight excluding hydrogens is 335 g/mol. The van der Waals surface area contributed by atoms with Gasteiger partial charge in [0, 0.05) is 6.07 Å². The molecule has 0 aliphatic carbocycles. The quantitative estimate of drug-likeness (QED) is 0.465. The van der Waals surface area contributed by atoms with Crippen LogP contribution in [0, 0.1) is 11.5 Å². The lowest BCUT2D eigenvalue weighted by Gasteiger charge is -2.12. The summed E-state index contributed by atoms with van der Waals surface area (Å²) in [6.45, 7) is 1.82. The molecule has 0 radical (unpaired) electrons. The zero-order valence-corrected chi connectivity index (χ0v) is 13.2. The predicted molar refractivity (Wildman–Crippen MR) is 84.2 cm³/mol. The molecule has 1 aromatic heterocycles. The third kappa shape index (κ3) is 5.49. The summed E-state index contributed by atoms with van der Waals surface area (Å²) in [6.07, 6.45) is -3.15. The SMILES string of the molecule is CCOc1cc(CC(=NC#N)Oc2ccccc2)cc(C(F)(F)F)n1. The average Bonchev–Trinajstić information content (AvgIpc) is 2.55. The molecule has 0 spiro atoms. The van der Waals surface area contributed by atoms with E-state index in [4.69, 9.17) is 14.7 Å². The van der Waals surface area contributed by atoms with Crippen LogP contribution in [0.3, 0.4) is 0 Å². The molecule has 0 atom stereocenters. The van der Waals surface area contributed by atoms with Gasteiger partial charge in [0.1, 0.15) is 11.4 Å². The van der Waals surface area contributed by atoms with Crippen LogP contribution in [0.25, 0.3) is 0 Å². The second-order valence-electron chi connectivity index (χ2n) is 4.83. The van der Waals surface area contributed by atoms with E-state index in [2.05, 4.69) is 9.98 Å². The van der Waals surface area contributed by atoms with Crippen LogP contribution < -0.4 is 9.47 Å². The summed E-state index contributed by atoms with van der Waals surface area (Å²) in [5.74, 6) is 0.241. The Hall–Kier alpha value is -3.08. The van der Waals surface area contributed by atoms with Crippen LogP contribution in [0.2, 0.25) is 0 Å². The van der Waals surface area contributed by atoms with Crippen molar-refractivity contribution < 1.29 is 22.6 Å². The number of hydrogen-bond acceptors (Lipinski definition) is 5. The third-order valence-corrected chi connectivity index (χ3v) is 2.95. The van der Waals surface area contributed by atoms with Crippen molar-refractivity contribution in [1.82, 2.24) is 4.98 Å². The standard InChI is InChI=1S/C17H14F3N3O2/c1-2-24-16-10-12(8-14(23-16)17(18,19)20)9-15(22-11-21)25-13-6-4-3-5-7-13/h3-8,10H,2,9H2,1H3. The predicted octanol–water partition coefficient (Wildman–Crippen LogP) is 4.00. The maximum atomic E-state index is 13.0. The van der Waals surface area contributed by atoms with Gasteiger partial charge in [-0.05, 0) is 30.7 Å². The van der Waals surface area contributed by atoms with E-state index in [1.54, 1.807) is 43.4 Å². The number of halogens is 3. The number of pyridine rings is 1. The van der Waals surface area contributed by atoms with Gasteiger partial charge in [-0.2, -0.15) is 18.4 Å². The van der Waals surface area contributed by atoms with Crippen molar-refractivity contribution in [3.8, 4) is 17.8 Å². The Morgan fingerprint density at radius 2 is 1.96 bits per heavy atom. The van der Waals surface area contributed by atoms with E-state index >= 15 is 0 Å². The van der Waals surface area contributed by atoms with Gasteiger partial charge < -0.3 is 9.47 Å². The lowest BCUT2D eigenvalue weighted by atomic mass is 10.1. The Bertz CT molecular complexity index is 784. The average molecular weight is 349 g/mol. The van der Waals surface area contributed by atoms with Gasteiger partial charge >= 0.3 is 6.18 Å². The highest BCUT2D eigenvalue weighted by Gasteiger charge is 2.33. The summed E-state index contributed by atoms with van der Waals surface area (Å²) in [4.78, 5) is 6.98. The second-order valence-corrected chi connectivity index (χ2v) is 4.83. The fourth-order valence-corrected chi connectivity index (χ4v) is 1.98. The first kappa shape index (κ1) is 18.3. The molecule has 0 saturated heterocycles. The molecule has 2 rings (SSSR count). The highest BCUT2D eigenvalue weighted by atomic mass is 19.4. The number of benzene rings is 1. The molecule has 5 nitrogen and oxygen atoms in total. The summed E-state index contributed by atoms with van der Waals surface area (Å²) in [5.41, 5.74) is -0.861. The summed E-state index contributed by atoms with van der Waals surface area (Å²) < 4.78 is 49.5. The number of alkyl halides is 3. The minimum absolute atomic E-state index is 0.0320. The van der Waals surface area contributed by atoms with Crippen molar-refractivity contribution in [3.05, 3.63) is 53.7 Å². The fourth-order valence-electron chi connectivity index (χ4n) is 1.98. The van der Waals surface area contributed by atoms with Crippen molar-refractivity contribution in [2.45, 2.75) is 19.5 Å².